The summed E-state index contributed by atoms with van der Waals surface area (Å²) < 4.78 is 0. The molecule has 0 aliphatic heterocycles. The molecule has 94 valence electrons. The summed E-state index contributed by atoms with van der Waals surface area (Å²) in [6.07, 6.45) is 6.39. The first-order chi connectivity index (χ1) is 9.17. The van der Waals surface area contributed by atoms with Gasteiger partial charge in [-0.2, -0.15) is 0 Å². The third-order valence-corrected chi connectivity index (χ3v) is 2.61. The summed E-state index contributed by atoms with van der Waals surface area (Å²) in [5.74, 6) is -1.04. The SMILES string of the molecule is C=C/C=C(\C=C)c1nc2ncccc2cc1C(=O)O. The first kappa shape index (κ1) is 12.7. The van der Waals surface area contributed by atoms with Crippen molar-refractivity contribution in [2.75, 3.05) is 0 Å². The second-order valence-corrected chi connectivity index (χ2v) is 3.80. The van der Waals surface area contributed by atoms with E-state index in [4.69, 9.17) is 0 Å². The van der Waals surface area contributed by atoms with Crippen molar-refractivity contribution >= 4 is 22.6 Å². The Balaban J connectivity index is 2.80. The van der Waals surface area contributed by atoms with Gasteiger partial charge in [0.05, 0.1) is 11.3 Å². The topological polar surface area (TPSA) is 63.1 Å². The molecular weight excluding hydrogens is 240 g/mol. The average Bonchev–Trinajstić information content (AvgIpc) is 2.43. The van der Waals surface area contributed by atoms with E-state index in [1.165, 1.54) is 0 Å². The van der Waals surface area contributed by atoms with E-state index in [1.54, 1.807) is 42.6 Å². The highest BCUT2D eigenvalue weighted by atomic mass is 16.4. The summed E-state index contributed by atoms with van der Waals surface area (Å²) in [5.41, 5.74) is 1.56. The molecule has 0 fully saturated rings. The van der Waals surface area contributed by atoms with Gasteiger partial charge in [0.2, 0.25) is 0 Å². The minimum atomic E-state index is -1.04. The summed E-state index contributed by atoms with van der Waals surface area (Å²) in [4.78, 5) is 19.8. The standard InChI is InChI=1S/C15H12N2O2/c1-3-6-10(4-2)13-12(15(18)19)9-11-7-5-8-16-14(11)17-13/h3-9H,1-2H2,(H,18,19)/b10-6+. The molecule has 0 atom stereocenters. The molecule has 0 bridgehead atoms. The van der Waals surface area contributed by atoms with Gasteiger partial charge in [-0.25, -0.2) is 14.8 Å². The highest BCUT2D eigenvalue weighted by Gasteiger charge is 2.15. The predicted octanol–water partition coefficient (Wildman–Crippen LogP) is 3.08. The second kappa shape index (κ2) is 5.27. The van der Waals surface area contributed by atoms with E-state index in [9.17, 15) is 9.90 Å². The van der Waals surface area contributed by atoms with Crippen LogP contribution in [0.5, 0.6) is 0 Å². The van der Waals surface area contributed by atoms with Crippen molar-refractivity contribution < 1.29 is 9.90 Å². The zero-order valence-electron chi connectivity index (χ0n) is 10.2. The second-order valence-electron chi connectivity index (χ2n) is 3.80. The lowest BCUT2D eigenvalue weighted by molar-refractivity contribution is 0.0696. The van der Waals surface area contributed by atoms with Crippen LogP contribution in [-0.2, 0) is 0 Å². The van der Waals surface area contributed by atoms with Crippen molar-refractivity contribution in [2.45, 2.75) is 0 Å². The molecule has 0 aliphatic rings. The number of pyridine rings is 2. The first-order valence-electron chi connectivity index (χ1n) is 5.62. The molecule has 0 saturated carbocycles. The lowest BCUT2D eigenvalue weighted by Crippen LogP contribution is -2.05. The Labute approximate surface area is 110 Å². The van der Waals surface area contributed by atoms with Gasteiger partial charge in [-0.05, 0) is 18.2 Å². The van der Waals surface area contributed by atoms with E-state index in [-0.39, 0.29) is 5.56 Å². The molecule has 0 radical (unpaired) electrons. The van der Waals surface area contributed by atoms with Crippen LogP contribution in [0.2, 0.25) is 0 Å². The van der Waals surface area contributed by atoms with Crippen molar-refractivity contribution in [3.63, 3.8) is 0 Å². The van der Waals surface area contributed by atoms with E-state index in [0.717, 1.165) is 0 Å². The van der Waals surface area contributed by atoms with E-state index in [2.05, 4.69) is 23.1 Å². The maximum atomic E-state index is 11.3. The minimum Gasteiger partial charge on any atom is -0.478 e. The minimum absolute atomic E-state index is 0.119. The number of carboxylic acid groups (broad SMARTS) is 1. The average molecular weight is 252 g/mol. The fourth-order valence-corrected chi connectivity index (χ4v) is 1.76. The highest BCUT2D eigenvalue weighted by molar-refractivity contribution is 5.98. The molecule has 1 N–H and O–H groups in total. The van der Waals surface area contributed by atoms with Crippen LogP contribution in [-0.4, -0.2) is 21.0 Å². The zero-order chi connectivity index (χ0) is 13.8. The number of aromatic nitrogens is 2. The Bertz CT molecular complexity index is 702. The highest BCUT2D eigenvalue weighted by Crippen LogP contribution is 2.22. The molecule has 0 aliphatic carbocycles. The molecule has 19 heavy (non-hydrogen) atoms. The van der Waals surface area contributed by atoms with Crippen LogP contribution in [0.4, 0.5) is 0 Å². The van der Waals surface area contributed by atoms with E-state index in [0.29, 0.717) is 22.3 Å². The number of aromatic carboxylic acids is 1. The van der Waals surface area contributed by atoms with Crippen LogP contribution in [0.15, 0.2) is 55.8 Å². The molecule has 0 spiro atoms. The number of nitrogens with zero attached hydrogens (tertiary/aromatic N) is 2. The van der Waals surface area contributed by atoms with Crippen LogP contribution >= 0.6 is 0 Å². The van der Waals surface area contributed by atoms with E-state index < -0.39 is 5.97 Å². The van der Waals surface area contributed by atoms with Gasteiger partial charge in [-0.1, -0.05) is 31.4 Å². The van der Waals surface area contributed by atoms with Gasteiger partial charge in [0, 0.05) is 17.2 Å². The third-order valence-electron chi connectivity index (χ3n) is 2.61. The monoisotopic (exact) mass is 252 g/mol. The Kier molecular flexibility index (Phi) is 3.52. The smallest absolute Gasteiger partial charge is 0.337 e. The number of carboxylic acids is 1. The van der Waals surface area contributed by atoms with E-state index >= 15 is 0 Å². The molecule has 0 unspecified atom stereocenters. The number of carbonyl (C=O) groups is 1. The number of hydrogen-bond donors (Lipinski definition) is 1. The molecule has 2 rings (SSSR count). The zero-order valence-corrected chi connectivity index (χ0v) is 10.2. The van der Waals surface area contributed by atoms with Crippen LogP contribution in [0.25, 0.3) is 16.6 Å². The van der Waals surface area contributed by atoms with Crippen LogP contribution < -0.4 is 0 Å². The van der Waals surface area contributed by atoms with Gasteiger partial charge in [0.15, 0.2) is 5.65 Å². The molecule has 2 aromatic heterocycles. The number of allylic oxidation sites excluding steroid dienone is 4. The van der Waals surface area contributed by atoms with Crippen LogP contribution in [0.1, 0.15) is 16.1 Å². The molecule has 2 heterocycles. The largest absolute Gasteiger partial charge is 0.478 e. The lowest BCUT2D eigenvalue weighted by atomic mass is 10.0. The van der Waals surface area contributed by atoms with Gasteiger partial charge in [-0.15, -0.1) is 0 Å². The fraction of sp³-hybridized carbons (Fsp3) is 0. The summed E-state index contributed by atoms with van der Waals surface area (Å²) >= 11 is 0. The Morgan fingerprint density at radius 1 is 1.37 bits per heavy atom. The molecule has 0 amide bonds. The first-order valence-corrected chi connectivity index (χ1v) is 5.62. The number of hydrogen-bond acceptors (Lipinski definition) is 3. The van der Waals surface area contributed by atoms with Gasteiger partial charge in [0.1, 0.15) is 0 Å². The predicted molar refractivity (Wildman–Crippen MR) is 74.9 cm³/mol. The quantitative estimate of drug-likeness (QED) is 0.849. The van der Waals surface area contributed by atoms with Crippen molar-refractivity contribution in [1.29, 1.82) is 0 Å². The summed E-state index contributed by atoms with van der Waals surface area (Å²) in [6, 6.07) is 5.08. The number of rotatable bonds is 4. The molecular formula is C15H12N2O2. The fourth-order valence-electron chi connectivity index (χ4n) is 1.76. The molecule has 2 aromatic rings. The van der Waals surface area contributed by atoms with Crippen molar-refractivity contribution in [3.05, 3.63) is 67.0 Å². The summed E-state index contributed by atoms with van der Waals surface area (Å²) in [7, 11) is 0. The Hall–Kier alpha value is -2.75. The Morgan fingerprint density at radius 2 is 2.16 bits per heavy atom. The van der Waals surface area contributed by atoms with Gasteiger partial charge in [0.25, 0.3) is 0 Å². The van der Waals surface area contributed by atoms with Gasteiger partial charge in [-0.3, -0.25) is 0 Å². The molecule has 0 aromatic carbocycles. The molecule has 4 heteroatoms. The van der Waals surface area contributed by atoms with Crippen LogP contribution in [0, 0.1) is 0 Å². The Morgan fingerprint density at radius 3 is 2.79 bits per heavy atom. The van der Waals surface area contributed by atoms with Crippen LogP contribution in [0.3, 0.4) is 0 Å². The van der Waals surface area contributed by atoms with E-state index in [1.807, 2.05) is 0 Å². The maximum Gasteiger partial charge on any atom is 0.337 e. The van der Waals surface area contributed by atoms with Crippen molar-refractivity contribution in [1.82, 2.24) is 9.97 Å². The normalized spacial score (nSPS) is 11.3. The molecule has 0 saturated heterocycles. The van der Waals surface area contributed by atoms with Gasteiger partial charge < -0.3 is 5.11 Å². The van der Waals surface area contributed by atoms with Gasteiger partial charge >= 0.3 is 5.97 Å². The van der Waals surface area contributed by atoms with Crippen molar-refractivity contribution in [3.8, 4) is 0 Å². The third kappa shape index (κ3) is 2.42. The van der Waals surface area contributed by atoms with Crippen molar-refractivity contribution in [2.24, 2.45) is 0 Å². The summed E-state index contributed by atoms with van der Waals surface area (Å²) in [5, 5.41) is 9.98. The summed E-state index contributed by atoms with van der Waals surface area (Å²) in [6.45, 7) is 7.26. The maximum absolute atomic E-state index is 11.3. The number of fused-ring (bicyclic) bond motifs is 1. The lowest BCUT2D eigenvalue weighted by Gasteiger charge is -2.07. The molecule has 4 nitrogen and oxygen atoms in total.